The summed E-state index contributed by atoms with van der Waals surface area (Å²) in [6, 6.07) is 31.4. The van der Waals surface area contributed by atoms with Crippen LogP contribution in [0.25, 0.3) is 45.0 Å². The van der Waals surface area contributed by atoms with E-state index in [9.17, 15) is 38.4 Å². The number of aromatic nitrogens is 12. The Hall–Kier alpha value is -15.6. The number of nitrogens with one attached hydrogen (secondary N) is 12. The molecule has 1 unspecified atom stereocenters. The number of carbonyl (C=O) groups excluding carboxylic acids is 8. The van der Waals surface area contributed by atoms with Gasteiger partial charge in [-0.3, -0.25) is 57.1 Å². The number of benzene rings is 4. The van der Waals surface area contributed by atoms with Crippen LogP contribution in [0.2, 0.25) is 0 Å². The number of anilines is 16. The van der Waals surface area contributed by atoms with E-state index in [4.69, 9.17) is 20.0 Å². The van der Waals surface area contributed by atoms with Crippen molar-refractivity contribution in [3.05, 3.63) is 191 Å². The molecule has 1 saturated heterocycles. The van der Waals surface area contributed by atoms with E-state index in [2.05, 4.69) is 186 Å². The van der Waals surface area contributed by atoms with Crippen LogP contribution in [0.1, 0.15) is 148 Å². The number of fused-ring (bicyclic) bond motifs is 12. The van der Waals surface area contributed by atoms with E-state index in [0.29, 0.717) is 87.4 Å². The second-order valence-electron chi connectivity index (χ2n) is 35.5. The fourth-order valence-corrected chi connectivity index (χ4v) is 17.6. The van der Waals surface area contributed by atoms with Gasteiger partial charge in [0.25, 0.3) is 23.6 Å². The molecule has 0 bridgehead atoms. The van der Waals surface area contributed by atoms with Crippen LogP contribution in [-0.4, -0.2) is 176 Å². The van der Waals surface area contributed by atoms with Crippen molar-refractivity contribution in [2.24, 2.45) is 50.7 Å². The number of hydrogen-bond acceptors (Lipinski definition) is 25. The van der Waals surface area contributed by atoms with Crippen LogP contribution in [0.15, 0.2) is 147 Å². The molecule has 4 aromatic carbocycles. The molecule has 5 fully saturated rings. The summed E-state index contributed by atoms with van der Waals surface area (Å²) in [5.41, 5.74) is 23.8. The van der Waals surface area contributed by atoms with Gasteiger partial charge in [0.05, 0.1) is 145 Å². The van der Waals surface area contributed by atoms with Gasteiger partial charge < -0.3 is 88.1 Å². The van der Waals surface area contributed by atoms with Crippen molar-refractivity contribution in [3.8, 4) is 45.0 Å². The lowest BCUT2D eigenvalue weighted by Gasteiger charge is -2.35. The number of amides is 8. The molecule has 0 radical (unpaired) electrons. The van der Waals surface area contributed by atoms with Crippen LogP contribution < -0.4 is 83.4 Å². The van der Waals surface area contributed by atoms with Gasteiger partial charge in [-0.15, -0.1) is 0 Å². The smallest absolute Gasteiger partial charge is 0.254 e. The summed E-state index contributed by atoms with van der Waals surface area (Å²) in [6.07, 6.45) is 20.5. The van der Waals surface area contributed by atoms with E-state index in [0.717, 1.165) is 149 Å². The largest absolute Gasteiger partial charge is 0.377 e. The van der Waals surface area contributed by atoms with Crippen molar-refractivity contribution >= 4 is 139 Å². The molecule has 0 spiro atoms. The molecule has 4 aliphatic carbocycles. The molecule has 8 amide bonds. The van der Waals surface area contributed by atoms with Crippen molar-refractivity contribution in [2.45, 2.75) is 96.9 Å². The first-order valence-corrected chi connectivity index (χ1v) is 45.0. The number of para-hydroxylation sites is 4. The van der Waals surface area contributed by atoms with Crippen molar-refractivity contribution in [1.29, 1.82) is 0 Å². The minimum Gasteiger partial charge on any atom is -0.377 e. The van der Waals surface area contributed by atoms with Gasteiger partial charge in [-0.2, -0.15) is 20.4 Å². The number of aryl methyl sites for hydroxylation is 3. The molecule has 21 rings (SSSR count). The molecule has 690 valence electrons. The van der Waals surface area contributed by atoms with E-state index in [1.165, 1.54) is 47.0 Å². The Balaban J connectivity index is 0.000000119. The van der Waals surface area contributed by atoms with Crippen molar-refractivity contribution in [3.63, 3.8) is 0 Å². The average molecular weight is 1810 g/mol. The van der Waals surface area contributed by atoms with Gasteiger partial charge in [0.2, 0.25) is 23.6 Å². The van der Waals surface area contributed by atoms with Gasteiger partial charge in [-0.05, 0) is 89.0 Å². The molecular formula is C97H108N28O9. The van der Waals surface area contributed by atoms with Crippen LogP contribution in [0, 0.1) is 29.6 Å². The molecule has 37 heteroatoms. The minimum atomic E-state index is -0.262. The molecule has 8 aromatic heterocycles. The molecule has 5 aliphatic heterocycles. The third-order valence-electron chi connectivity index (χ3n) is 25.8. The second kappa shape index (κ2) is 36.6. The van der Waals surface area contributed by atoms with Crippen LogP contribution in [0.3, 0.4) is 0 Å². The second-order valence-corrected chi connectivity index (χ2v) is 35.5. The first-order valence-electron chi connectivity index (χ1n) is 45.0. The highest BCUT2D eigenvalue weighted by atomic mass is 16.5. The summed E-state index contributed by atoms with van der Waals surface area (Å²) < 4.78 is 12.9. The Morgan fingerprint density at radius 2 is 0.672 bits per heavy atom. The molecule has 12 N–H and O–H groups in total. The quantitative estimate of drug-likeness (QED) is 0.0318. The molecule has 9 aliphatic rings. The van der Waals surface area contributed by atoms with E-state index in [1.807, 2.05) is 109 Å². The average Bonchev–Trinajstić information content (AvgIpc) is 1.66. The summed E-state index contributed by atoms with van der Waals surface area (Å²) in [4.78, 5) is 125. The van der Waals surface area contributed by atoms with E-state index >= 15 is 0 Å². The predicted molar refractivity (Wildman–Crippen MR) is 515 cm³/mol. The Morgan fingerprint density at radius 1 is 0.366 bits per heavy atom. The number of ether oxygens (including phenoxy) is 1. The van der Waals surface area contributed by atoms with Crippen LogP contribution in [0.5, 0.6) is 0 Å². The van der Waals surface area contributed by atoms with Gasteiger partial charge in [0, 0.05) is 233 Å². The highest BCUT2D eigenvalue weighted by Crippen LogP contribution is 2.52. The van der Waals surface area contributed by atoms with Gasteiger partial charge in [0.1, 0.15) is 23.3 Å². The first kappa shape index (κ1) is 89.1. The van der Waals surface area contributed by atoms with E-state index < -0.39 is 0 Å². The molecule has 4 atom stereocenters. The lowest BCUT2D eigenvalue weighted by Crippen LogP contribution is -2.30. The summed E-state index contributed by atoms with van der Waals surface area (Å²) in [7, 11) is 20.3. The minimum absolute atomic E-state index is 0.0317. The van der Waals surface area contributed by atoms with Gasteiger partial charge in [-0.25, -0.2) is 19.9 Å². The molecule has 4 saturated carbocycles. The number of hydrogen-bond donors (Lipinski definition) is 12. The summed E-state index contributed by atoms with van der Waals surface area (Å²) in [5, 5.41) is 54.8. The Bertz CT molecular complexity index is 6500. The molecular weight excluding hydrogens is 1700 g/mol. The van der Waals surface area contributed by atoms with Gasteiger partial charge in [0.15, 0.2) is 0 Å². The first-order chi connectivity index (χ1) is 64.6. The fourth-order valence-electron chi connectivity index (χ4n) is 17.6. The van der Waals surface area contributed by atoms with Crippen molar-refractivity contribution in [2.75, 3.05) is 132 Å². The number of pyridine rings is 4. The lowest BCUT2D eigenvalue weighted by atomic mass is 9.94. The number of carbonyl (C=O) groups is 8. The molecule has 37 nitrogen and oxygen atoms in total. The number of rotatable bonds is 21. The SMILES string of the molecule is CNC(=O)c1cnc(NC(=O)C2CC2)cc1Nc1cccc2c1N(C)Cc1cn(C3COC3)nc1-2.CNC(=O)c1cnc(NC(=O)C2CC2)cc1Nc1cccc2c1N(C)[C@@H](C)c1cn(C)nc1-2.CNC(=O)c1cnc(NC(=O)C2CC2)cc1Nc1cccc2c1N(C)[C@H](C)c1cn(C)nc1-2.CNC(=O)c1cnc(NC(=O)C2C[C@H]2C)cc1Nc1cccc2c1N(C)Cc1cn(C)nc1-2. The Kier molecular flexibility index (Phi) is 24.4. The van der Waals surface area contributed by atoms with E-state index in [1.54, 1.807) is 52.5 Å². The highest BCUT2D eigenvalue weighted by Gasteiger charge is 2.41. The highest BCUT2D eigenvalue weighted by molar-refractivity contribution is 6.08. The maximum absolute atomic E-state index is 12.6. The fraction of sp³-hybridized carbons (Fsp3) is 0.340. The molecule has 13 heterocycles. The van der Waals surface area contributed by atoms with Crippen LogP contribution in [-0.2, 0) is 58.1 Å². The lowest BCUT2D eigenvalue weighted by molar-refractivity contribution is -0.118. The maximum atomic E-state index is 12.6. The zero-order valence-corrected chi connectivity index (χ0v) is 77.1. The standard InChI is InChI=1S/C25H27N7O3.3C24H27N7O2/c1-26-25(34)18-9-27-21(29-24(33)14-6-7-14)8-20(18)28-19-5-3-4-17-22-15(10-31(2)23(17)19)11-32(30-22)16-12-35-13-16;1-13-8-16(13)24(33)28-20-9-19(17(10-26-20)23(32)25-2)27-18-7-5-6-15-21-14(12-31(4)29-21)11-30(3)22(15)18;2*1-13-17-12-30(3)29-21(17)15-6-5-7-18(22(15)31(13)4)27-19-10-20(28-23(32)14-8-9-14)26-11-16(19)24(33)25-2/h3-5,8-9,11,14,16H,6-7,10,12-13H2,1-2H3,(H,26,34)(H2,27,28,29,33);5-7,9-10,12-13,16H,8,11H2,1-4H3,(H,25,32)(H2,26,27,28,33);2*5-7,10-14H,8-9H2,1-4H3,(H,25,33)(H2,26,27,28,32)/t;13-,16?;2*13-/m.110/s1. The maximum Gasteiger partial charge on any atom is 0.254 e. The van der Waals surface area contributed by atoms with Crippen LogP contribution >= 0.6 is 0 Å². The monoisotopic (exact) mass is 1810 g/mol. The Labute approximate surface area is 773 Å². The molecule has 134 heavy (non-hydrogen) atoms. The summed E-state index contributed by atoms with van der Waals surface area (Å²) in [5.74, 6) is 1.10. The van der Waals surface area contributed by atoms with Gasteiger partial charge >= 0.3 is 0 Å². The van der Waals surface area contributed by atoms with E-state index in [-0.39, 0.29) is 89.1 Å². The molecule has 12 aromatic rings. The number of nitrogens with zero attached hydrogens (tertiary/aromatic N) is 16. The third kappa shape index (κ3) is 18.0. The predicted octanol–water partition coefficient (Wildman–Crippen LogP) is 12.9. The van der Waals surface area contributed by atoms with Crippen molar-refractivity contribution in [1.82, 2.24) is 80.3 Å². The van der Waals surface area contributed by atoms with Gasteiger partial charge in [-0.1, -0.05) is 55.5 Å². The topological polar surface area (TPSA) is 426 Å². The normalized spacial score (nSPS) is 17.0. The zero-order valence-electron chi connectivity index (χ0n) is 77.1. The Morgan fingerprint density at radius 3 is 0.993 bits per heavy atom. The zero-order chi connectivity index (χ0) is 93.9. The van der Waals surface area contributed by atoms with Crippen molar-refractivity contribution < 1.29 is 43.1 Å². The third-order valence-corrected chi connectivity index (χ3v) is 25.8. The summed E-state index contributed by atoms with van der Waals surface area (Å²) in [6.45, 7) is 9.18. The van der Waals surface area contributed by atoms with Crippen LogP contribution in [0.4, 0.5) is 91.5 Å². The summed E-state index contributed by atoms with van der Waals surface area (Å²) >= 11 is 0.